The lowest BCUT2D eigenvalue weighted by molar-refractivity contribution is -0.131. The van der Waals surface area contributed by atoms with Gasteiger partial charge in [-0.1, -0.05) is 23.4 Å². The Morgan fingerprint density at radius 3 is 3.14 bits per heavy atom. The fraction of sp³-hybridized carbons (Fsp3) is 0.250. The van der Waals surface area contributed by atoms with Gasteiger partial charge in [-0.3, -0.25) is 4.79 Å². The van der Waals surface area contributed by atoms with Crippen LogP contribution in [0.3, 0.4) is 0 Å². The zero-order valence-electron chi connectivity index (χ0n) is 12.1. The smallest absolute Gasteiger partial charge is 0.264 e. The molecule has 0 unspecified atom stereocenters. The Balaban J connectivity index is 1.57. The van der Waals surface area contributed by atoms with Crippen LogP contribution >= 0.6 is 11.3 Å². The topological polar surface area (TPSA) is 59.9 Å². The molecular weight excluding hydrogens is 300 g/mol. The minimum Gasteiger partial charge on any atom is -0.497 e. The number of rotatable bonds is 5. The van der Waals surface area contributed by atoms with Crippen molar-refractivity contribution in [3.63, 3.8) is 0 Å². The standard InChI is InChI=1S/C16H16N2O3S/c1-20-12-5-2-4-11(8-12)14-9-15(21-18-14)16(19)17-10-13-6-3-7-22-13/h2-8,15H,9-10H2,1H3,(H,17,19)/t15-/m1/s1. The SMILES string of the molecule is COc1cccc(C2=NO[C@@H](C(=O)NCc3cccs3)C2)c1. The molecule has 5 nitrogen and oxygen atoms in total. The van der Waals surface area contributed by atoms with Crippen LogP contribution in [-0.2, 0) is 16.2 Å². The molecule has 1 N–H and O–H groups in total. The summed E-state index contributed by atoms with van der Waals surface area (Å²) in [4.78, 5) is 18.5. The summed E-state index contributed by atoms with van der Waals surface area (Å²) in [5.74, 6) is 0.612. The molecule has 1 atom stereocenters. The van der Waals surface area contributed by atoms with Crippen molar-refractivity contribution in [1.29, 1.82) is 0 Å². The van der Waals surface area contributed by atoms with Gasteiger partial charge in [0.15, 0.2) is 0 Å². The molecule has 2 heterocycles. The van der Waals surface area contributed by atoms with E-state index < -0.39 is 6.10 Å². The number of methoxy groups -OCH3 is 1. The van der Waals surface area contributed by atoms with Gasteiger partial charge in [0.2, 0.25) is 6.10 Å². The monoisotopic (exact) mass is 316 g/mol. The summed E-state index contributed by atoms with van der Waals surface area (Å²) in [5, 5.41) is 8.89. The lowest BCUT2D eigenvalue weighted by Gasteiger charge is -2.08. The van der Waals surface area contributed by atoms with Crippen molar-refractivity contribution in [1.82, 2.24) is 5.32 Å². The van der Waals surface area contributed by atoms with Crippen LogP contribution in [0.4, 0.5) is 0 Å². The molecule has 0 fully saturated rings. The van der Waals surface area contributed by atoms with Gasteiger partial charge in [0.05, 0.1) is 19.4 Å². The number of oxime groups is 1. The van der Waals surface area contributed by atoms with E-state index in [1.165, 1.54) is 0 Å². The molecule has 0 radical (unpaired) electrons. The van der Waals surface area contributed by atoms with E-state index in [9.17, 15) is 4.79 Å². The van der Waals surface area contributed by atoms with Crippen molar-refractivity contribution in [2.45, 2.75) is 19.1 Å². The predicted molar refractivity (Wildman–Crippen MR) is 85.2 cm³/mol. The number of thiophene rings is 1. The van der Waals surface area contributed by atoms with Gasteiger partial charge in [0.25, 0.3) is 5.91 Å². The molecule has 0 saturated carbocycles. The molecule has 1 aromatic carbocycles. The number of nitrogens with one attached hydrogen (secondary N) is 1. The summed E-state index contributed by atoms with van der Waals surface area (Å²) < 4.78 is 5.19. The van der Waals surface area contributed by atoms with Crippen LogP contribution in [0.1, 0.15) is 16.9 Å². The molecule has 1 amide bonds. The number of carbonyl (C=O) groups is 1. The molecule has 1 aliphatic heterocycles. The zero-order valence-corrected chi connectivity index (χ0v) is 12.9. The molecule has 6 heteroatoms. The van der Waals surface area contributed by atoms with Crippen molar-refractivity contribution < 1.29 is 14.4 Å². The third-order valence-electron chi connectivity index (χ3n) is 3.38. The Hall–Kier alpha value is -2.34. The fourth-order valence-corrected chi connectivity index (χ4v) is 2.84. The summed E-state index contributed by atoms with van der Waals surface area (Å²) in [7, 11) is 1.62. The van der Waals surface area contributed by atoms with Crippen LogP contribution in [0.25, 0.3) is 0 Å². The zero-order chi connectivity index (χ0) is 15.4. The summed E-state index contributed by atoms with van der Waals surface area (Å²) in [6, 6.07) is 11.5. The highest BCUT2D eigenvalue weighted by Crippen LogP contribution is 2.20. The van der Waals surface area contributed by atoms with Crippen molar-refractivity contribution in [3.05, 3.63) is 52.2 Å². The lowest BCUT2D eigenvalue weighted by Crippen LogP contribution is -2.34. The molecule has 0 aliphatic carbocycles. The van der Waals surface area contributed by atoms with Gasteiger partial charge >= 0.3 is 0 Å². The lowest BCUT2D eigenvalue weighted by atomic mass is 10.0. The van der Waals surface area contributed by atoms with E-state index >= 15 is 0 Å². The van der Waals surface area contributed by atoms with Crippen molar-refractivity contribution >= 4 is 23.0 Å². The van der Waals surface area contributed by atoms with Gasteiger partial charge in [0, 0.05) is 16.9 Å². The third-order valence-corrected chi connectivity index (χ3v) is 4.26. The van der Waals surface area contributed by atoms with Crippen LogP contribution in [0.5, 0.6) is 5.75 Å². The van der Waals surface area contributed by atoms with E-state index in [1.807, 2.05) is 41.8 Å². The molecule has 114 valence electrons. The summed E-state index contributed by atoms with van der Waals surface area (Å²) in [5.41, 5.74) is 1.67. The molecule has 1 aromatic heterocycles. The summed E-state index contributed by atoms with van der Waals surface area (Å²) in [6.07, 6.45) is -0.107. The van der Waals surface area contributed by atoms with E-state index in [-0.39, 0.29) is 5.91 Å². The highest BCUT2D eigenvalue weighted by Gasteiger charge is 2.28. The highest BCUT2D eigenvalue weighted by atomic mass is 32.1. The van der Waals surface area contributed by atoms with Gasteiger partial charge < -0.3 is 14.9 Å². The second-order valence-electron chi connectivity index (χ2n) is 4.87. The number of amides is 1. The van der Waals surface area contributed by atoms with Gasteiger partial charge in [-0.05, 0) is 23.6 Å². The van der Waals surface area contributed by atoms with Gasteiger partial charge in [-0.25, -0.2) is 0 Å². The van der Waals surface area contributed by atoms with Crippen LogP contribution in [0.15, 0.2) is 46.9 Å². The summed E-state index contributed by atoms with van der Waals surface area (Å²) >= 11 is 1.61. The minimum absolute atomic E-state index is 0.143. The van der Waals surface area contributed by atoms with Crippen molar-refractivity contribution in [2.24, 2.45) is 5.16 Å². The van der Waals surface area contributed by atoms with E-state index in [4.69, 9.17) is 9.57 Å². The minimum atomic E-state index is -0.568. The molecule has 0 spiro atoms. The fourth-order valence-electron chi connectivity index (χ4n) is 2.19. The molecule has 0 saturated heterocycles. The first-order chi connectivity index (χ1) is 10.8. The van der Waals surface area contributed by atoms with Crippen LogP contribution in [0.2, 0.25) is 0 Å². The van der Waals surface area contributed by atoms with Gasteiger partial charge in [0.1, 0.15) is 5.75 Å². The second-order valence-corrected chi connectivity index (χ2v) is 5.90. The quantitative estimate of drug-likeness (QED) is 0.922. The van der Waals surface area contributed by atoms with E-state index in [1.54, 1.807) is 18.4 Å². The average molecular weight is 316 g/mol. The van der Waals surface area contributed by atoms with E-state index in [0.29, 0.717) is 13.0 Å². The first-order valence-corrected chi connectivity index (χ1v) is 7.81. The Morgan fingerprint density at radius 2 is 2.36 bits per heavy atom. The normalized spacial score (nSPS) is 16.8. The number of hydrogen-bond donors (Lipinski definition) is 1. The second kappa shape index (κ2) is 6.62. The Morgan fingerprint density at radius 1 is 1.45 bits per heavy atom. The van der Waals surface area contributed by atoms with E-state index in [2.05, 4.69) is 10.5 Å². The number of carbonyl (C=O) groups excluding carboxylic acids is 1. The molecule has 0 bridgehead atoms. The first-order valence-electron chi connectivity index (χ1n) is 6.93. The molecule has 22 heavy (non-hydrogen) atoms. The number of hydrogen-bond acceptors (Lipinski definition) is 5. The van der Waals surface area contributed by atoms with Crippen LogP contribution < -0.4 is 10.1 Å². The molecule has 3 rings (SSSR count). The maximum Gasteiger partial charge on any atom is 0.264 e. The third kappa shape index (κ3) is 3.28. The van der Waals surface area contributed by atoms with Crippen LogP contribution in [-0.4, -0.2) is 24.8 Å². The van der Waals surface area contributed by atoms with Crippen LogP contribution in [0, 0.1) is 0 Å². The highest BCUT2D eigenvalue weighted by molar-refractivity contribution is 7.09. The number of ether oxygens (including phenoxy) is 1. The first kappa shape index (κ1) is 14.6. The summed E-state index contributed by atoms with van der Waals surface area (Å²) in [6.45, 7) is 0.519. The van der Waals surface area contributed by atoms with Crippen molar-refractivity contribution in [3.8, 4) is 5.75 Å². The predicted octanol–water partition coefficient (Wildman–Crippen LogP) is 2.57. The number of benzene rings is 1. The van der Waals surface area contributed by atoms with Gasteiger partial charge in [-0.2, -0.15) is 0 Å². The van der Waals surface area contributed by atoms with E-state index in [0.717, 1.165) is 21.9 Å². The average Bonchev–Trinajstić information content (AvgIpc) is 3.24. The van der Waals surface area contributed by atoms with Crippen molar-refractivity contribution in [2.75, 3.05) is 7.11 Å². The maximum absolute atomic E-state index is 12.1. The Labute approximate surface area is 132 Å². The Kier molecular flexibility index (Phi) is 4.39. The molecular formula is C16H16N2O3S. The maximum atomic E-state index is 12.1. The van der Waals surface area contributed by atoms with Gasteiger partial charge in [-0.15, -0.1) is 11.3 Å². The molecule has 2 aromatic rings. The Bertz CT molecular complexity index is 682. The largest absolute Gasteiger partial charge is 0.497 e. The molecule has 1 aliphatic rings. The number of nitrogens with zero attached hydrogens (tertiary/aromatic N) is 1.